The Morgan fingerprint density at radius 1 is 0.328 bits per heavy atom. The average molecular weight is 820 g/mol. The molecule has 0 radical (unpaired) electrons. The highest BCUT2D eigenvalue weighted by Crippen LogP contribution is 2.52. The van der Waals surface area contributed by atoms with Crippen LogP contribution in [0.1, 0.15) is 25.0 Å². The Bertz CT molecular complexity index is 3510. The van der Waals surface area contributed by atoms with Crippen molar-refractivity contribution in [3.05, 3.63) is 223 Å². The van der Waals surface area contributed by atoms with E-state index in [1.807, 2.05) is 30.3 Å². The zero-order valence-corrected chi connectivity index (χ0v) is 35.5. The third-order valence-corrected chi connectivity index (χ3v) is 12.9. The summed E-state index contributed by atoms with van der Waals surface area (Å²) in [5.74, 6) is 1.80. The molecule has 0 spiro atoms. The maximum Gasteiger partial charge on any atom is 0.164 e. The summed E-state index contributed by atoms with van der Waals surface area (Å²) in [5, 5.41) is 2.11. The molecule has 12 rings (SSSR count). The molecule has 0 amide bonds. The smallest absolute Gasteiger partial charge is 0.164 e. The third-order valence-electron chi connectivity index (χ3n) is 12.9. The Hall–Kier alpha value is -8.21. The molecular formula is C60H41N3O. The van der Waals surface area contributed by atoms with Crippen molar-refractivity contribution in [3.8, 4) is 89.8 Å². The normalized spacial score (nSPS) is 12.7. The molecule has 4 nitrogen and oxygen atoms in total. The van der Waals surface area contributed by atoms with E-state index in [0.717, 1.165) is 66.4 Å². The van der Waals surface area contributed by atoms with Gasteiger partial charge in [0, 0.05) is 32.9 Å². The molecule has 4 heteroatoms. The lowest BCUT2D eigenvalue weighted by atomic mass is 9.82. The second kappa shape index (κ2) is 15.0. The summed E-state index contributed by atoms with van der Waals surface area (Å²) in [6.07, 6.45) is 0. The molecule has 0 saturated heterocycles. The first-order chi connectivity index (χ1) is 31.5. The molecule has 1 aliphatic carbocycles. The number of fused-ring (bicyclic) bond motifs is 6. The van der Waals surface area contributed by atoms with Crippen LogP contribution in [0, 0.1) is 0 Å². The average Bonchev–Trinajstić information content (AvgIpc) is 3.86. The summed E-state index contributed by atoms with van der Waals surface area (Å²) in [7, 11) is 0. The SMILES string of the molecule is CC1(C)c2ccccc2-c2c(-c3cccc(-c4nc(-c5ccccc5)nc(-c5ccc6c(c5)oc5cccc(-c7cc(-c8ccccc8)cc(-c8ccccc8)c7)c56)n4)c3)cccc21. The van der Waals surface area contributed by atoms with Gasteiger partial charge in [-0.25, -0.2) is 15.0 Å². The van der Waals surface area contributed by atoms with E-state index in [2.05, 4.69) is 196 Å². The highest BCUT2D eigenvalue weighted by molar-refractivity contribution is 6.13. The number of furan rings is 1. The Labute approximate surface area is 372 Å². The minimum absolute atomic E-state index is 0.0882. The van der Waals surface area contributed by atoms with E-state index in [4.69, 9.17) is 19.4 Å². The first-order valence-electron chi connectivity index (χ1n) is 21.8. The van der Waals surface area contributed by atoms with Crippen LogP contribution in [0.15, 0.2) is 217 Å². The Balaban J connectivity index is 0.983. The molecule has 302 valence electrons. The molecule has 11 aromatic rings. The van der Waals surface area contributed by atoms with Gasteiger partial charge in [-0.05, 0) is 109 Å². The van der Waals surface area contributed by atoms with Crippen LogP contribution in [0.2, 0.25) is 0 Å². The molecule has 0 fully saturated rings. The van der Waals surface area contributed by atoms with Crippen molar-refractivity contribution >= 4 is 21.9 Å². The summed E-state index contributed by atoms with van der Waals surface area (Å²) in [5.41, 5.74) is 18.7. The van der Waals surface area contributed by atoms with Crippen LogP contribution in [-0.4, -0.2) is 15.0 Å². The number of rotatable bonds is 7. The van der Waals surface area contributed by atoms with Crippen molar-refractivity contribution < 1.29 is 4.42 Å². The van der Waals surface area contributed by atoms with Crippen LogP contribution in [0.4, 0.5) is 0 Å². The van der Waals surface area contributed by atoms with E-state index in [-0.39, 0.29) is 5.41 Å². The quantitative estimate of drug-likeness (QED) is 0.161. The molecule has 64 heavy (non-hydrogen) atoms. The first-order valence-corrected chi connectivity index (χ1v) is 21.8. The molecule has 2 heterocycles. The van der Waals surface area contributed by atoms with Gasteiger partial charge in [0.25, 0.3) is 0 Å². The van der Waals surface area contributed by atoms with Crippen molar-refractivity contribution in [3.63, 3.8) is 0 Å². The Kier molecular flexibility index (Phi) is 8.80. The van der Waals surface area contributed by atoms with Crippen molar-refractivity contribution in [1.82, 2.24) is 15.0 Å². The van der Waals surface area contributed by atoms with Gasteiger partial charge in [0.2, 0.25) is 0 Å². The first kappa shape index (κ1) is 37.5. The lowest BCUT2D eigenvalue weighted by molar-refractivity contribution is 0.660. The molecule has 2 aromatic heterocycles. The highest BCUT2D eigenvalue weighted by Gasteiger charge is 2.36. The standard InChI is InChI=1S/C60H41N3O/c1-60(2)51-28-13-12-25-49(51)55-47(26-15-29-52(55)60)41-23-14-24-42(33-41)58-61-57(40-21-10-5-11-22-40)62-59(63-58)43-31-32-50-54(37-43)64-53-30-16-27-48(56(50)53)46-35-44(38-17-6-3-7-18-38)34-45(36-46)39-19-8-4-9-20-39/h3-37H,1-2H3. The van der Waals surface area contributed by atoms with Crippen molar-refractivity contribution in [2.75, 3.05) is 0 Å². The van der Waals surface area contributed by atoms with Gasteiger partial charge in [0.1, 0.15) is 11.2 Å². The lowest BCUT2D eigenvalue weighted by Crippen LogP contribution is -2.14. The second-order valence-corrected chi connectivity index (χ2v) is 17.2. The predicted octanol–water partition coefficient (Wildman–Crippen LogP) is 15.7. The van der Waals surface area contributed by atoms with E-state index in [1.165, 1.54) is 38.9 Å². The monoisotopic (exact) mass is 819 g/mol. The van der Waals surface area contributed by atoms with Crippen LogP contribution < -0.4 is 0 Å². The van der Waals surface area contributed by atoms with Gasteiger partial charge in [-0.2, -0.15) is 0 Å². The second-order valence-electron chi connectivity index (χ2n) is 17.2. The number of nitrogens with zero attached hydrogens (tertiary/aromatic N) is 3. The summed E-state index contributed by atoms with van der Waals surface area (Å²) >= 11 is 0. The summed E-state index contributed by atoms with van der Waals surface area (Å²) in [6, 6.07) is 75.0. The van der Waals surface area contributed by atoms with Gasteiger partial charge in [-0.1, -0.05) is 184 Å². The van der Waals surface area contributed by atoms with Crippen LogP contribution in [0.25, 0.3) is 112 Å². The molecular weight excluding hydrogens is 779 g/mol. The fourth-order valence-corrected chi connectivity index (χ4v) is 9.75. The molecule has 1 aliphatic rings. The maximum atomic E-state index is 6.71. The lowest BCUT2D eigenvalue weighted by Gasteiger charge is -2.21. The van der Waals surface area contributed by atoms with E-state index < -0.39 is 0 Å². The Morgan fingerprint density at radius 3 is 1.52 bits per heavy atom. The topological polar surface area (TPSA) is 51.8 Å². The largest absolute Gasteiger partial charge is 0.456 e. The van der Waals surface area contributed by atoms with Crippen LogP contribution >= 0.6 is 0 Å². The molecule has 0 N–H and O–H groups in total. The summed E-state index contributed by atoms with van der Waals surface area (Å²) in [6.45, 7) is 4.65. The van der Waals surface area contributed by atoms with Crippen molar-refractivity contribution in [2.45, 2.75) is 19.3 Å². The van der Waals surface area contributed by atoms with Crippen molar-refractivity contribution in [2.24, 2.45) is 0 Å². The van der Waals surface area contributed by atoms with Gasteiger partial charge in [-0.15, -0.1) is 0 Å². The van der Waals surface area contributed by atoms with Crippen LogP contribution in [0.3, 0.4) is 0 Å². The van der Waals surface area contributed by atoms with Gasteiger partial charge in [-0.3, -0.25) is 0 Å². The van der Waals surface area contributed by atoms with Crippen molar-refractivity contribution in [1.29, 1.82) is 0 Å². The van der Waals surface area contributed by atoms with Gasteiger partial charge >= 0.3 is 0 Å². The molecule has 0 unspecified atom stereocenters. The van der Waals surface area contributed by atoms with Gasteiger partial charge in [0.15, 0.2) is 17.5 Å². The fourth-order valence-electron chi connectivity index (χ4n) is 9.75. The predicted molar refractivity (Wildman–Crippen MR) is 263 cm³/mol. The molecule has 9 aromatic carbocycles. The molecule has 0 saturated carbocycles. The van der Waals surface area contributed by atoms with E-state index in [9.17, 15) is 0 Å². The molecule has 0 atom stereocenters. The van der Waals surface area contributed by atoms with Crippen LogP contribution in [0.5, 0.6) is 0 Å². The van der Waals surface area contributed by atoms with Gasteiger partial charge < -0.3 is 4.42 Å². The third kappa shape index (κ3) is 6.34. The Morgan fingerprint density at radius 2 is 0.812 bits per heavy atom. The summed E-state index contributed by atoms with van der Waals surface area (Å²) in [4.78, 5) is 15.4. The number of benzene rings is 9. The van der Waals surface area contributed by atoms with E-state index in [1.54, 1.807) is 0 Å². The maximum absolute atomic E-state index is 6.71. The highest BCUT2D eigenvalue weighted by atomic mass is 16.3. The zero-order chi connectivity index (χ0) is 42.8. The summed E-state index contributed by atoms with van der Waals surface area (Å²) < 4.78 is 6.71. The van der Waals surface area contributed by atoms with E-state index >= 15 is 0 Å². The number of hydrogen-bond donors (Lipinski definition) is 0. The fraction of sp³-hybridized carbons (Fsp3) is 0.0500. The minimum Gasteiger partial charge on any atom is -0.456 e. The molecule has 0 bridgehead atoms. The zero-order valence-electron chi connectivity index (χ0n) is 35.5. The van der Waals surface area contributed by atoms with Gasteiger partial charge in [0.05, 0.1) is 0 Å². The van der Waals surface area contributed by atoms with Crippen LogP contribution in [-0.2, 0) is 5.41 Å². The minimum atomic E-state index is -0.0882. The van der Waals surface area contributed by atoms with E-state index in [0.29, 0.717) is 17.5 Å². The number of aromatic nitrogens is 3. The number of hydrogen-bond acceptors (Lipinski definition) is 4. The molecule has 0 aliphatic heterocycles.